The van der Waals surface area contributed by atoms with Crippen molar-refractivity contribution in [3.05, 3.63) is 34.9 Å². The molecule has 1 aliphatic heterocycles. The summed E-state index contributed by atoms with van der Waals surface area (Å²) in [6, 6.07) is 5.95. The van der Waals surface area contributed by atoms with Crippen molar-refractivity contribution in [2.75, 3.05) is 26.2 Å². The van der Waals surface area contributed by atoms with Gasteiger partial charge in [-0.15, -0.1) is 0 Å². The van der Waals surface area contributed by atoms with Crippen LogP contribution in [0.15, 0.2) is 18.2 Å². The average molecular weight is 288 g/mol. The van der Waals surface area contributed by atoms with Gasteiger partial charge in [-0.3, -0.25) is 9.59 Å². The molecule has 2 amide bonds. The third-order valence-corrected chi connectivity index (χ3v) is 4.00. The predicted molar refractivity (Wildman–Crippen MR) is 83.2 cm³/mol. The van der Waals surface area contributed by atoms with Crippen molar-refractivity contribution in [3.63, 3.8) is 0 Å². The Morgan fingerprint density at radius 3 is 2.14 bits per heavy atom. The van der Waals surface area contributed by atoms with Crippen LogP contribution in [0.25, 0.3) is 0 Å². The number of rotatable bonds is 2. The molecule has 4 nitrogen and oxygen atoms in total. The van der Waals surface area contributed by atoms with Crippen molar-refractivity contribution in [3.8, 4) is 0 Å². The van der Waals surface area contributed by atoms with Crippen LogP contribution in [-0.2, 0) is 4.79 Å². The zero-order valence-corrected chi connectivity index (χ0v) is 13.3. The number of piperazine rings is 1. The molecule has 1 heterocycles. The van der Waals surface area contributed by atoms with Crippen LogP contribution < -0.4 is 0 Å². The highest BCUT2D eigenvalue weighted by Crippen LogP contribution is 2.15. The quantitative estimate of drug-likeness (QED) is 0.837. The van der Waals surface area contributed by atoms with Gasteiger partial charge in [0.05, 0.1) is 0 Å². The molecule has 1 aliphatic rings. The fraction of sp³-hybridized carbons (Fsp3) is 0.529. The fourth-order valence-electron chi connectivity index (χ4n) is 2.63. The summed E-state index contributed by atoms with van der Waals surface area (Å²) in [5.74, 6) is 0.271. The number of amides is 2. The molecule has 21 heavy (non-hydrogen) atoms. The lowest BCUT2D eigenvalue weighted by molar-refractivity contribution is -0.135. The van der Waals surface area contributed by atoms with E-state index in [1.807, 2.05) is 55.7 Å². The number of carbonyl (C=O) groups is 2. The SMILES string of the molecule is Cc1ccc(C)c(C(=O)N2CCN(C(=O)C(C)C)CC2)c1. The predicted octanol–water partition coefficient (Wildman–Crippen LogP) is 2.24. The maximum Gasteiger partial charge on any atom is 0.254 e. The highest BCUT2D eigenvalue weighted by Gasteiger charge is 2.26. The Bertz CT molecular complexity index is 544. The zero-order chi connectivity index (χ0) is 15.6. The molecule has 1 aromatic rings. The molecular formula is C17H24N2O2. The monoisotopic (exact) mass is 288 g/mol. The number of hydrogen-bond acceptors (Lipinski definition) is 2. The van der Waals surface area contributed by atoms with E-state index in [0.29, 0.717) is 26.2 Å². The number of carbonyl (C=O) groups excluding carboxylic acids is 2. The Labute approximate surface area is 126 Å². The van der Waals surface area contributed by atoms with E-state index in [4.69, 9.17) is 0 Å². The molecular weight excluding hydrogens is 264 g/mol. The van der Waals surface area contributed by atoms with Gasteiger partial charge in [-0.25, -0.2) is 0 Å². The maximum absolute atomic E-state index is 12.6. The first-order chi connectivity index (χ1) is 9.90. The van der Waals surface area contributed by atoms with E-state index in [1.165, 1.54) is 0 Å². The van der Waals surface area contributed by atoms with Gasteiger partial charge >= 0.3 is 0 Å². The minimum atomic E-state index is 0.0197. The molecule has 4 heteroatoms. The van der Waals surface area contributed by atoms with Gasteiger partial charge in [-0.1, -0.05) is 31.5 Å². The Balaban J connectivity index is 2.03. The Morgan fingerprint density at radius 2 is 1.57 bits per heavy atom. The van der Waals surface area contributed by atoms with Crippen molar-refractivity contribution in [1.82, 2.24) is 9.80 Å². The molecule has 0 atom stereocenters. The standard InChI is InChI=1S/C17H24N2O2/c1-12(2)16(20)18-7-9-19(10-8-18)17(21)15-11-13(3)5-6-14(15)4/h5-6,11-12H,7-10H2,1-4H3. The van der Waals surface area contributed by atoms with Crippen LogP contribution in [0.5, 0.6) is 0 Å². The molecule has 1 aromatic carbocycles. The summed E-state index contributed by atoms with van der Waals surface area (Å²) in [6.45, 7) is 10.3. The molecule has 0 radical (unpaired) electrons. The van der Waals surface area contributed by atoms with Crippen molar-refractivity contribution in [1.29, 1.82) is 0 Å². The molecule has 0 aliphatic carbocycles. The second-order valence-electron chi connectivity index (χ2n) is 6.09. The molecule has 0 bridgehead atoms. The van der Waals surface area contributed by atoms with E-state index in [9.17, 15) is 9.59 Å². The first-order valence-corrected chi connectivity index (χ1v) is 7.55. The molecule has 0 saturated carbocycles. The van der Waals surface area contributed by atoms with Crippen LogP contribution in [0, 0.1) is 19.8 Å². The normalized spacial score (nSPS) is 15.5. The van der Waals surface area contributed by atoms with Crippen LogP contribution in [0.2, 0.25) is 0 Å². The fourth-order valence-corrected chi connectivity index (χ4v) is 2.63. The van der Waals surface area contributed by atoms with E-state index < -0.39 is 0 Å². The van der Waals surface area contributed by atoms with Crippen LogP contribution in [0.3, 0.4) is 0 Å². The van der Waals surface area contributed by atoms with Crippen molar-refractivity contribution >= 4 is 11.8 Å². The van der Waals surface area contributed by atoms with Crippen molar-refractivity contribution in [2.45, 2.75) is 27.7 Å². The third-order valence-electron chi connectivity index (χ3n) is 4.00. The lowest BCUT2D eigenvalue weighted by atomic mass is 10.0. The zero-order valence-electron chi connectivity index (χ0n) is 13.3. The summed E-state index contributed by atoms with van der Waals surface area (Å²) < 4.78 is 0. The molecule has 2 rings (SSSR count). The smallest absolute Gasteiger partial charge is 0.254 e. The summed E-state index contributed by atoms with van der Waals surface area (Å²) in [6.07, 6.45) is 0. The van der Waals surface area contributed by atoms with Crippen molar-refractivity contribution < 1.29 is 9.59 Å². The topological polar surface area (TPSA) is 40.6 Å². The number of benzene rings is 1. The van der Waals surface area contributed by atoms with Crippen molar-refractivity contribution in [2.24, 2.45) is 5.92 Å². The highest BCUT2D eigenvalue weighted by molar-refractivity contribution is 5.96. The average Bonchev–Trinajstić information content (AvgIpc) is 2.48. The molecule has 0 spiro atoms. The van der Waals surface area contributed by atoms with Gasteiger partial charge in [0.15, 0.2) is 0 Å². The molecule has 0 aromatic heterocycles. The summed E-state index contributed by atoms with van der Waals surface area (Å²) >= 11 is 0. The van der Waals surface area contributed by atoms with Crippen LogP contribution in [0.4, 0.5) is 0 Å². The van der Waals surface area contributed by atoms with Crippen LogP contribution in [-0.4, -0.2) is 47.8 Å². The van der Waals surface area contributed by atoms with Crippen LogP contribution in [0.1, 0.15) is 35.3 Å². The first kappa shape index (κ1) is 15.5. The minimum absolute atomic E-state index is 0.0197. The summed E-state index contributed by atoms with van der Waals surface area (Å²) in [7, 11) is 0. The van der Waals surface area contributed by atoms with Gasteiger partial charge in [-0.05, 0) is 25.5 Å². The largest absolute Gasteiger partial charge is 0.339 e. The maximum atomic E-state index is 12.6. The minimum Gasteiger partial charge on any atom is -0.339 e. The Hall–Kier alpha value is -1.84. The van der Waals surface area contributed by atoms with Gasteiger partial charge in [0.1, 0.15) is 0 Å². The molecule has 0 unspecified atom stereocenters. The lowest BCUT2D eigenvalue weighted by Crippen LogP contribution is -2.51. The van der Waals surface area contributed by atoms with E-state index in [-0.39, 0.29) is 17.7 Å². The lowest BCUT2D eigenvalue weighted by Gasteiger charge is -2.35. The molecule has 114 valence electrons. The highest BCUT2D eigenvalue weighted by atomic mass is 16.2. The number of hydrogen-bond donors (Lipinski definition) is 0. The summed E-state index contributed by atoms with van der Waals surface area (Å²) in [5, 5.41) is 0. The van der Waals surface area contributed by atoms with E-state index in [1.54, 1.807) is 0 Å². The second-order valence-corrected chi connectivity index (χ2v) is 6.09. The van der Waals surface area contributed by atoms with E-state index in [0.717, 1.165) is 16.7 Å². The van der Waals surface area contributed by atoms with E-state index in [2.05, 4.69) is 0 Å². The Morgan fingerprint density at radius 1 is 1.00 bits per heavy atom. The van der Waals surface area contributed by atoms with Gasteiger partial charge in [0.25, 0.3) is 5.91 Å². The molecule has 1 fully saturated rings. The summed E-state index contributed by atoms with van der Waals surface area (Å²) in [4.78, 5) is 28.3. The van der Waals surface area contributed by atoms with Gasteiger partial charge in [0.2, 0.25) is 5.91 Å². The van der Waals surface area contributed by atoms with E-state index >= 15 is 0 Å². The molecule has 0 N–H and O–H groups in total. The van der Waals surface area contributed by atoms with Gasteiger partial charge in [0, 0.05) is 37.7 Å². The number of nitrogens with zero attached hydrogens (tertiary/aromatic N) is 2. The third kappa shape index (κ3) is 3.43. The van der Waals surface area contributed by atoms with Crippen LogP contribution >= 0.6 is 0 Å². The van der Waals surface area contributed by atoms with Gasteiger partial charge in [-0.2, -0.15) is 0 Å². The summed E-state index contributed by atoms with van der Waals surface area (Å²) in [5.41, 5.74) is 2.88. The Kier molecular flexibility index (Phi) is 4.66. The number of aryl methyl sites for hydroxylation is 2. The molecule has 1 saturated heterocycles. The first-order valence-electron chi connectivity index (χ1n) is 7.55. The van der Waals surface area contributed by atoms with Gasteiger partial charge < -0.3 is 9.80 Å². The second kappa shape index (κ2) is 6.29.